The lowest BCUT2D eigenvalue weighted by molar-refractivity contribution is -0.187. The molecule has 1 aliphatic carbocycles. The van der Waals surface area contributed by atoms with Crippen LogP contribution in [0.1, 0.15) is 43.2 Å². The highest BCUT2D eigenvalue weighted by Gasteiger charge is 2.42. The van der Waals surface area contributed by atoms with E-state index in [1.54, 1.807) is 13.1 Å². The van der Waals surface area contributed by atoms with Crippen LogP contribution in [0.4, 0.5) is 5.69 Å². The summed E-state index contributed by atoms with van der Waals surface area (Å²) in [6.07, 6.45) is 7.95. The number of piperidine rings is 1. The number of amides is 2. The molecule has 3 aliphatic rings. The number of carbonyl (C=O) groups is 2. The Labute approximate surface area is 181 Å². The molecule has 162 valence electrons. The van der Waals surface area contributed by atoms with Gasteiger partial charge < -0.3 is 14.7 Å². The Morgan fingerprint density at radius 3 is 2.77 bits per heavy atom. The van der Waals surface area contributed by atoms with Crippen molar-refractivity contribution < 1.29 is 19.4 Å². The van der Waals surface area contributed by atoms with Gasteiger partial charge in [-0.2, -0.15) is 0 Å². The maximum absolute atomic E-state index is 12.7. The number of rotatable bonds is 4. The van der Waals surface area contributed by atoms with Gasteiger partial charge in [0.15, 0.2) is 5.79 Å². The Kier molecular flexibility index (Phi) is 5.64. The van der Waals surface area contributed by atoms with E-state index < -0.39 is 11.8 Å². The number of aliphatic hydroxyl groups is 1. The second kappa shape index (κ2) is 8.24. The number of benzene rings is 1. The van der Waals surface area contributed by atoms with Crippen LogP contribution in [0, 0.1) is 0 Å². The minimum absolute atomic E-state index is 0.246. The zero-order chi connectivity index (χ0) is 22.2. The summed E-state index contributed by atoms with van der Waals surface area (Å²) in [7, 11) is 3.22. The molecule has 0 saturated carbocycles. The Morgan fingerprint density at radius 2 is 2.16 bits per heavy atom. The fourth-order valence-corrected chi connectivity index (χ4v) is 4.64. The summed E-state index contributed by atoms with van der Waals surface area (Å²) in [6.45, 7) is 3.86. The van der Waals surface area contributed by atoms with E-state index in [1.807, 2.05) is 29.2 Å². The predicted molar refractivity (Wildman–Crippen MR) is 120 cm³/mol. The number of carbonyl (C=O) groups excluding carboxylic acids is 2. The van der Waals surface area contributed by atoms with Gasteiger partial charge in [0.2, 0.25) is 11.8 Å². The lowest BCUT2D eigenvalue weighted by atomic mass is 9.86. The second-order valence-corrected chi connectivity index (χ2v) is 7.98. The zero-order valence-electron chi connectivity index (χ0n) is 17.9. The van der Waals surface area contributed by atoms with Crippen molar-refractivity contribution >= 4 is 34.5 Å². The number of amidine groups is 1. The number of imide groups is 1. The molecule has 1 saturated heterocycles. The average Bonchev–Trinajstić information content (AvgIpc) is 3.08. The van der Waals surface area contributed by atoms with Gasteiger partial charge in [-0.25, -0.2) is 0 Å². The van der Waals surface area contributed by atoms with Crippen molar-refractivity contribution in [2.45, 2.75) is 43.9 Å². The maximum atomic E-state index is 12.7. The highest BCUT2D eigenvalue weighted by atomic mass is 16.6. The van der Waals surface area contributed by atoms with E-state index in [4.69, 9.17) is 4.74 Å². The highest BCUT2D eigenvalue weighted by Crippen LogP contribution is 2.46. The molecule has 1 fully saturated rings. The molecule has 2 amide bonds. The van der Waals surface area contributed by atoms with E-state index in [-0.39, 0.29) is 11.8 Å². The van der Waals surface area contributed by atoms with Crippen LogP contribution in [0.3, 0.4) is 0 Å². The molecule has 0 spiro atoms. The van der Waals surface area contributed by atoms with Gasteiger partial charge in [-0.1, -0.05) is 36.9 Å². The quantitative estimate of drug-likeness (QED) is 0.576. The summed E-state index contributed by atoms with van der Waals surface area (Å²) in [5.74, 6) is -1.00. The van der Waals surface area contributed by atoms with Crippen molar-refractivity contribution in [2.75, 3.05) is 19.1 Å². The lowest BCUT2D eigenvalue weighted by Crippen LogP contribution is -2.53. The highest BCUT2D eigenvalue weighted by molar-refractivity contribution is 6.37. The molecule has 2 heterocycles. The van der Waals surface area contributed by atoms with Crippen LogP contribution in [-0.4, -0.2) is 48.7 Å². The van der Waals surface area contributed by atoms with E-state index in [0.29, 0.717) is 37.9 Å². The maximum Gasteiger partial charge on any atom is 0.249 e. The molecule has 0 radical (unpaired) electrons. The summed E-state index contributed by atoms with van der Waals surface area (Å²) in [5.41, 5.74) is 4.92. The van der Waals surface area contributed by atoms with Gasteiger partial charge >= 0.3 is 0 Å². The van der Waals surface area contributed by atoms with Gasteiger partial charge in [-0.15, -0.1) is 0 Å². The third-order valence-electron chi connectivity index (χ3n) is 6.24. The van der Waals surface area contributed by atoms with Crippen molar-refractivity contribution in [1.82, 2.24) is 5.32 Å². The fraction of sp³-hybridized carbons (Fsp3) is 0.375. The minimum Gasteiger partial charge on any atom is -0.365 e. The van der Waals surface area contributed by atoms with Gasteiger partial charge in [-0.05, 0) is 30.0 Å². The van der Waals surface area contributed by atoms with E-state index in [1.165, 1.54) is 7.11 Å². The molecule has 2 N–H and O–H groups in total. The van der Waals surface area contributed by atoms with Crippen LogP contribution in [-0.2, 0) is 14.3 Å². The number of nitrogens with zero attached hydrogens (tertiary/aromatic N) is 2. The molecule has 4 rings (SSSR count). The lowest BCUT2D eigenvalue weighted by Gasteiger charge is -2.32. The normalized spacial score (nSPS) is 28.5. The summed E-state index contributed by atoms with van der Waals surface area (Å²) in [4.78, 5) is 30.8. The van der Waals surface area contributed by atoms with Gasteiger partial charge in [0.1, 0.15) is 11.9 Å². The second-order valence-electron chi connectivity index (χ2n) is 7.98. The zero-order valence-corrected chi connectivity index (χ0v) is 17.9. The van der Waals surface area contributed by atoms with Crippen molar-refractivity contribution in [1.29, 1.82) is 0 Å². The van der Waals surface area contributed by atoms with Gasteiger partial charge in [-0.3, -0.25) is 19.9 Å². The van der Waals surface area contributed by atoms with Crippen LogP contribution >= 0.6 is 0 Å². The number of nitrogens with one attached hydrogen (secondary N) is 1. The SMILES string of the molecule is C=C/C=C1\C(=NC)N(C2CCC(=O)NC2=O)c2cccc(C3=CCC(O)(OC)CC3)c21. The molecule has 1 aromatic carbocycles. The molecule has 1 aromatic rings. The number of ether oxygens (including phenoxy) is 1. The summed E-state index contributed by atoms with van der Waals surface area (Å²) in [6, 6.07) is 5.49. The number of methoxy groups -OCH3 is 1. The monoisotopic (exact) mass is 421 g/mol. The number of anilines is 1. The van der Waals surface area contributed by atoms with Gasteiger partial charge in [0.05, 0.1) is 5.69 Å². The Balaban J connectivity index is 1.84. The molecule has 31 heavy (non-hydrogen) atoms. The third kappa shape index (κ3) is 3.64. The summed E-state index contributed by atoms with van der Waals surface area (Å²) in [5, 5.41) is 12.9. The first kappa shape index (κ1) is 21.2. The summed E-state index contributed by atoms with van der Waals surface area (Å²) < 4.78 is 5.25. The first-order chi connectivity index (χ1) is 14.9. The third-order valence-corrected chi connectivity index (χ3v) is 6.24. The van der Waals surface area contributed by atoms with Gasteiger partial charge in [0.25, 0.3) is 0 Å². The topological polar surface area (TPSA) is 91.2 Å². The molecular formula is C24H27N3O4. The Morgan fingerprint density at radius 1 is 1.35 bits per heavy atom. The van der Waals surface area contributed by atoms with Crippen molar-refractivity contribution in [3.63, 3.8) is 0 Å². The molecule has 7 nitrogen and oxygen atoms in total. The van der Waals surface area contributed by atoms with Crippen LogP contribution in [0.2, 0.25) is 0 Å². The summed E-state index contributed by atoms with van der Waals surface area (Å²) >= 11 is 0. The van der Waals surface area contributed by atoms with E-state index in [9.17, 15) is 14.7 Å². The number of fused-ring (bicyclic) bond motifs is 1. The number of hydrogen-bond donors (Lipinski definition) is 2. The van der Waals surface area contributed by atoms with Crippen molar-refractivity contribution in [3.05, 3.63) is 54.1 Å². The largest absolute Gasteiger partial charge is 0.365 e. The first-order valence-corrected chi connectivity index (χ1v) is 10.5. The molecule has 0 aromatic heterocycles. The van der Waals surface area contributed by atoms with Crippen molar-refractivity contribution in [3.8, 4) is 0 Å². The smallest absolute Gasteiger partial charge is 0.249 e. The Bertz CT molecular complexity index is 1040. The van der Waals surface area contributed by atoms with Gasteiger partial charge in [0, 0.05) is 44.6 Å². The number of hydrogen-bond acceptors (Lipinski definition) is 5. The van der Waals surface area contributed by atoms with E-state index in [2.05, 4.69) is 23.0 Å². The van der Waals surface area contributed by atoms with Crippen LogP contribution < -0.4 is 10.2 Å². The number of aliphatic imine (C=N–C) groups is 1. The standard InChI is InChI=1S/C24H27N3O4/c1-4-6-17-21-16(15-11-13-24(30,31-3)14-12-15)7-5-8-18(21)27(22(17)25-2)19-9-10-20(28)26-23(19)29/h4-8,11,19,30H,1,9-10,12-14H2,2-3H3,(H,26,28,29)/b17-6-,25-22?. The first-order valence-electron chi connectivity index (χ1n) is 10.5. The predicted octanol–water partition coefficient (Wildman–Crippen LogP) is 2.81. The molecule has 2 aliphatic heterocycles. The van der Waals surface area contributed by atoms with Crippen LogP contribution in [0.5, 0.6) is 0 Å². The minimum atomic E-state index is -1.13. The molecular weight excluding hydrogens is 394 g/mol. The molecule has 7 heteroatoms. The molecule has 2 unspecified atom stereocenters. The van der Waals surface area contributed by atoms with Crippen LogP contribution in [0.15, 0.2) is 48.0 Å². The van der Waals surface area contributed by atoms with E-state index in [0.717, 1.165) is 28.0 Å². The van der Waals surface area contributed by atoms with Crippen molar-refractivity contribution in [2.24, 2.45) is 4.99 Å². The van der Waals surface area contributed by atoms with Crippen LogP contribution in [0.25, 0.3) is 11.1 Å². The fourth-order valence-electron chi connectivity index (χ4n) is 4.64. The number of allylic oxidation sites excluding steroid dienone is 3. The molecule has 0 bridgehead atoms. The Hall–Kier alpha value is -3.03. The average molecular weight is 421 g/mol. The van der Waals surface area contributed by atoms with E-state index >= 15 is 0 Å². The molecule has 2 atom stereocenters.